The van der Waals surface area contributed by atoms with Gasteiger partial charge in [0.2, 0.25) is 11.8 Å². The molecule has 6 amide bonds. The summed E-state index contributed by atoms with van der Waals surface area (Å²) < 4.78 is 33.5. The number of nitrogens with two attached hydrogens (primary N) is 1. The summed E-state index contributed by atoms with van der Waals surface area (Å²) in [5.41, 5.74) is 4.20. The van der Waals surface area contributed by atoms with Crippen LogP contribution in [0.1, 0.15) is 53.9 Å². The lowest BCUT2D eigenvalue weighted by molar-refractivity contribution is -0.137. The van der Waals surface area contributed by atoms with Gasteiger partial charge in [-0.3, -0.25) is 33.4 Å². The second-order valence-corrected chi connectivity index (χ2v) is 11.9. The Morgan fingerprint density at radius 1 is 1.00 bits per heavy atom. The summed E-state index contributed by atoms with van der Waals surface area (Å²) in [7, 11) is -4.98. The molecule has 1 rings (SSSR count). The van der Waals surface area contributed by atoms with Crippen LogP contribution in [-0.2, 0) is 34.1 Å². The van der Waals surface area contributed by atoms with Gasteiger partial charge in [0, 0.05) is 30.7 Å². The minimum absolute atomic E-state index is 0.153. The van der Waals surface area contributed by atoms with E-state index in [1.54, 1.807) is 34.6 Å². The lowest BCUT2D eigenvalue weighted by Crippen LogP contribution is -2.57. The van der Waals surface area contributed by atoms with Crippen LogP contribution >= 0.6 is 0 Å². The SMILES string of the molecule is CC(C)C(NC(=O)C(CCN1C(=O)C=CC1=O)S(=O)(=O)O)C(=O)N[C@@H](CCCNC(N)=O)C(=O)C(C)(C)C. The molecule has 0 radical (unpaired) electrons. The maximum atomic E-state index is 13.1. The number of Topliss-reactive ketones (excluding diaryl/α,β-unsaturated/α-hetero) is 1. The number of carbonyl (C=O) groups is 6. The number of ketones is 1. The Bertz CT molecular complexity index is 1060. The average Bonchev–Trinajstić information content (AvgIpc) is 3.09. The molecule has 3 atom stereocenters. The number of hydrogen-bond acceptors (Lipinski definition) is 8. The summed E-state index contributed by atoms with van der Waals surface area (Å²) in [6.07, 6.45) is 1.84. The molecule has 38 heavy (non-hydrogen) atoms. The smallest absolute Gasteiger partial charge is 0.312 e. The first-order valence-corrected chi connectivity index (χ1v) is 13.5. The zero-order valence-corrected chi connectivity index (χ0v) is 23.0. The van der Waals surface area contributed by atoms with Gasteiger partial charge < -0.3 is 21.7 Å². The van der Waals surface area contributed by atoms with Crippen LogP contribution in [0.4, 0.5) is 4.79 Å². The highest BCUT2D eigenvalue weighted by Crippen LogP contribution is 2.20. The molecule has 0 bridgehead atoms. The predicted octanol–water partition coefficient (Wildman–Crippen LogP) is -0.753. The van der Waals surface area contributed by atoms with Gasteiger partial charge in [-0.05, 0) is 25.2 Å². The van der Waals surface area contributed by atoms with Crippen LogP contribution in [0.15, 0.2) is 12.2 Å². The van der Waals surface area contributed by atoms with E-state index in [2.05, 4.69) is 16.0 Å². The zero-order chi connectivity index (χ0) is 29.4. The van der Waals surface area contributed by atoms with Crippen LogP contribution in [-0.4, -0.2) is 83.7 Å². The molecule has 15 heteroatoms. The number of hydrogen-bond donors (Lipinski definition) is 5. The minimum atomic E-state index is -4.98. The lowest BCUT2D eigenvalue weighted by atomic mass is 9.84. The molecule has 0 aromatic carbocycles. The van der Waals surface area contributed by atoms with E-state index in [9.17, 15) is 41.7 Å². The van der Waals surface area contributed by atoms with Crippen LogP contribution in [0, 0.1) is 11.3 Å². The minimum Gasteiger partial charge on any atom is -0.352 e. The Morgan fingerprint density at radius 2 is 1.55 bits per heavy atom. The van der Waals surface area contributed by atoms with E-state index in [1.807, 2.05) is 0 Å². The summed E-state index contributed by atoms with van der Waals surface area (Å²) in [5, 5.41) is 5.23. The molecule has 1 aliphatic heterocycles. The van der Waals surface area contributed by atoms with E-state index in [0.717, 1.165) is 12.2 Å². The van der Waals surface area contributed by atoms with Crippen LogP contribution in [0.3, 0.4) is 0 Å². The van der Waals surface area contributed by atoms with E-state index in [1.165, 1.54) is 0 Å². The number of imide groups is 1. The maximum absolute atomic E-state index is 13.1. The number of urea groups is 1. The van der Waals surface area contributed by atoms with Crippen molar-refractivity contribution in [3.05, 3.63) is 12.2 Å². The normalized spacial score (nSPS) is 16.2. The van der Waals surface area contributed by atoms with E-state index < -0.39 is 81.4 Å². The first kappa shape index (κ1) is 32.7. The van der Waals surface area contributed by atoms with Gasteiger partial charge >= 0.3 is 6.03 Å². The van der Waals surface area contributed by atoms with Gasteiger partial charge in [-0.15, -0.1) is 0 Å². The van der Waals surface area contributed by atoms with Gasteiger partial charge in [-0.2, -0.15) is 8.42 Å². The van der Waals surface area contributed by atoms with Crippen LogP contribution in [0.2, 0.25) is 0 Å². The van der Waals surface area contributed by atoms with E-state index >= 15 is 0 Å². The van der Waals surface area contributed by atoms with Gasteiger partial charge in [0.05, 0.1) is 6.04 Å². The van der Waals surface area contributed by atoms with Crippen molar-refractivity contribution in [1.29, 1.82) is 0 Å². The molecule has 1 aliphatic rings. The fourth-order valence-electron chi connectivity index (χ4n) is 3.67. The van der Waals surface area contributed by atoms with Gasteiger partial charge in [-0.1, -0.05) is 34.6 Å². The number of nitrogens with zero attached hydrogens (tertiary/aromatic N) is 1. The Morgan fingerprint density at radius 3 is 2.00 bits per heavy atom. The van der Waals surface area contributed by atoms with Crippen molar-refractivity contribution in [1.82, 2.24) is 20.9 Å². The van der Waals surface area contributed by atoms with Crippen molar-refractivity contribution in [2.45, 2.75) is 71.2 Å². The van der Waals surface area contributed by atoms with E-state index in [-0.39, 0.29) is 18.7 Å². The molecule has 0 saturated carbocycles. The Labute approximate surface area is 221 Å². The van der Waals surface area contributed by atoms with Gasteiger partial charge in [0.1, 0.15) is 6.04 Å². The number of amides is 6. The van der Waals surface area contributed by atoms with Gasteiger partial charge in [0.15, 0.2) is 11.0 Å². The first-order chi connectivity index (χ1) is 17.4. The first-order valence-electron chi connectivity index (χ1n) is 12.0. The Balaban J connectivity index is 3.02. The molecule has 0 saturated heterocycles. The quantitative estimate of drug-likeness (QED) is 0.102. The standard InChI is InChI=1S/C23H37N5O9S/c1-13(2)18(21(33)26-14(19(31)23(3,4)5)7-6-11-25-22(24)34)27-20(32)15(38(35,36)37)10-12-28-16(29)8-9-17(28)30/h8-9,13-15,18H,6-7,10-12H2,1-5H3,(H,26,33)(H,27,32)(H3,24,25,34)(H,35,36,37)/t14-,15?,18?/m0/s1. The highest BCUT2D eigenvalue weighted by atomic mass is 32.2. The third-order valence-electron chi connectivity index (χ3n) is 5.76. The third-order valence-corrected chi connectivity index (χ3v) is 6.92. The fraction of sp³-hybridized carbons (Fsp3) is 0.652. The lowest BCUT2D eigenvalue weighted by Gasteiger charge is -2.29. The van der Waals surface area contributed by atoms with Crippen LogP contribution in [0.5, 0.6) is 0 Å². The fourth-order valence-corrected chi connectivity index (χ4v) is 4.41. The topological polar surface area (TPSA) is 222 Å². The molecule has 0 fully saturated rings. The average molecular weight is 560 g/mol. The van der Waals surface area contributed by atoms with Crippen LogP contribution < -0.4 is 21.7 Å². The molecule has 2 unspecified atom stereocenters. The van der Waals surface area contributed by atoms with Crippen molar-refractivity contribution in [3.8, 4) is 0 Å². The molecular weight excluding hydrogens is 522 g/mol. The largest absolute Gasteiger partial charge is 0.352 e. The van der Waals surface area contributed by atoms with Gasteiger partial charge in [-0.25, -0.2) is 4.79 Å². The summed E-state index contributed by atoms with van der Waals surface area (Å²) in [6, 6.07) is -3.01. The van der Waals surface area contributed by atoms with Crippen molar-refractivity contribution < 1.29 is 41.7 Å². The third kappa shape index (κ3) is 9.85. The monoisotopic (exact) mass is 559 g/mol. The predicted molar refractivity (Wildman–Crippen MR) is 136 cm³/mol. The summed E-state index contributed by atoms with van der Waals surface area (Å²) in [4.78, 5) is 74.0. The maximum Gasteiger partial charge on any atom is 0.312 e. The second kappa shape index (κ2) is 13.5. The molecular formula is C23H37N5O9S. The molecule has 0 aromatic heterocycles. The number of primary amides is 1. The van der Waals surface area contributed by atoms with Crippen LogP contribution in [0.25, 0.3) is 0 Å². The molecule has 14 nitrogen and oxygen atoms in total. The van der Waals surface area contributed by atoms with E-state index in [0.29, 0.717) is 11.3 Å². The molecule has 0 aliphatic carbocycles. The Hall–Kier alpha value is -3.33. The molecule has 1 heterocycles. The molecule has 0 spiro atoms. The van der Waals surface area contributed by atoms with Crippen molar-refractivity contribution in [2.75, 3.05) is 13.1 Å². The summed E-state index contributed by atoms with van der Waals surface area (Å²) in [6.45, 7) is 7.87. The zero-order valence-electron chi connectivity index (χ0n) is 22.1. The van der Waals surface area contributed by atoms with E-state index in [4.69, 9.17) is 5.73 Å². The molecule has 0 aromatic rings. The Kier molecular flexibility index (Phi) is 11.6. The van der Waals surface area contributed by atoms with Crippen molar-refractivity contribution >= 4 is 45.6 Å². The highest BCUT2D eigenvalue weighted by molar-refractivity contribution is 7.87. The number of carbonyl (C=O) groups excluding carboxylic acids is 6. The molecule has 214 valence electrons. The summed E-state index contributed by atoms with van der Waals surface area (Å²) in [5.74, 6) is -4.22. The van der Waals surface area contributed by atoms with Gasteiger partial charge in [0.25, 0.3) is 21.9 Å². The molecule has 6 N–H and O–H groups in total. The number of rotatable bonds is 14. The van der Waals surface area contributed by atoms with Crippen molar-refractivity contribution in [3.63, 3.8) is 0 Å². The highest BCUT2D eigenvalue weighted by Gasteiger charge is 2.38. The summed E-state index contributed by atoms with van der Waals surface area (Å²) >= 11 is 0. The second-order valence-electron chi connectivity index (χ2n) is 10.3. The van der Waals surface area contributed by atoms with Crippen molar-refractivity contribution in [2.24, 2.45) is 17.1 Å². The number of nitrogens with one attached hydrogen (secondary N) is 3.